The summed E-state index contributed by atoms with van der Waals surface area (Å²) in [6, 6.07) is 8.12. The quantitative estimate of drug-likeness (QED) is 0.638. The summed E-state index contributed by atoms with van der Waals surface area (Å²) in [5.74, 6) is -0.442. The first-order valence-corrected chi connectivity index (χ1v) is 7.17. The van der Waals surface area contributed by atoms with Crippen molar-refractivity contribution < 1.29 is 9.53 Å². The van der Waals surface area contributed by atoms with Crippen molar-refractivity contribution in [3.8, 4) is 0 Å². The number of rotatable bonds is 4. The first-order valence-electron chi connectivity index (χ1n) is 5.95. The molecule has 1 heterocycles. The molecule has 1 aromatic carbocycles. The van der Waals surface area contributed by atoms with Gasteiger partial charge in [-0.05, 0) is 30.0 Å². The molecule has 0 fully saturated rings. The molecule has 0 spiro atoms. The molecule has 0 aliphatic carbocycles. The van der Waals surface area contributed by atoms with E-state index in [9.17, 15) is 4.79 Å². The molecule has 102 valence electrons. The van der Waals surface area contributed by atoms with Gasteiger partial charge in [-0.25, -0.2) is 14.8 Å². The molecule has 0 saturated heterocycles. The summed E-state index contributed by atoms with van der Waals surface area (Å²) in [7, 11) is 1.34. The van der Waals surface area contributed by atoms with Crippen LogP contribution in [0.25, 0.3) is 12.2 Å². The zero-order valence-electron chi connectivity index (χ0n) is 11.2. The standard InChI is InChI=1S/C15H14N2O2S/c1-19-15(18)13-9-16-10-17-14(13)8-5-11-3-6-12(20-2)7-4-11/h3-10H,1-2H3/b8-5+. The van der Waals surface area contributed by atoms with Crippen molar-refractivity contribution in [3.05, 3.63) is 53.6 Å². The third-order valence-electron chi connectivity index (χ3n) is 2.70. The number of carbonyl (C=O) groups excluding carboxylic acids is 1. The van der Waals surface area contributed by atoms with Gasteiger partial charge < -0.3 is 4.74 Å². The highest BCUT2D eigenvalue weighted by atomic mass is 32.2. The van der Waals surface area contributed by atoms with E-state index in [0.717, 1.165) is 5.56 Å². The molecule has 1 aromatic heterocycles. The molecule has 0 amide bonds. The molecule has 0 aliphatic heterocycles. The van der Waals surface area contributed by atoms with Gasteiger partial charge in [-0.3, -0.25) is 0 Å². The van der Waals surface area contributed by atoms with Crippen LogP contribution in [0.4, 0.5) is 0 Å². The molecule has 0 atom stereocenters. The summed E-state index contributed by atoms with van der Waals surface area (Å²) in [5.41, 5.74) is 1.94. The van der Waals surface area contributed by atoms with Crippen LogP contribution < -0.4 is 0 Å². The Bertz CT molecular complexity index is 624. The summed E-state index contributed by atoms with van der Waals surface area (Å²) >= 11 is 1.70. The lowest BCUT2D eigenvalue weighted by Crippen LogP contribution is -2.05. The maximum atomic E-state index is 11.6. The molecular formula is C15H14N2O2S. The number of hydrogen-bond donors (Lipinski definition) is 0. The molecule has 0 radical (unpaired) electrons. The van der Waals surface area contributed by atoms with Gasteiger partial charge >= 0.3 is 5.97 Å². The minimum Gasteiger partial charge on any atom is -0.465 e. The van der Waals surface area contributed by atoms with Gasteiger partial charge in [0.25, 0.3) is 0 Å². The molecule has 2 aromatic rings. The summed E-state index contributed by atoms with van der Waals surface area (Å²) in [6.07, 6.45) is 8.58. The van der Waals surface area contributed by atoms with Gasteiger partial charge in [0.2, 0.25) is 0 Å². The molecule has 0 N–H and O–H groups in total. The van der Waals surface area contributed by atoms with Crippen molar-refractivity contribution >= 4 is 29.9 Å². The van der Waals surface area contributed by atoms with Gasteiger partial charge in [-0.2, -0.15) is 0 Å². The Labute approximate surface area is 121 Å². The largest absolute Gasteiger partial charge is 0.465 e. The van der Waals surface area contributed by atoms with Gasteiger partial charge in [0.15, 0.2) is 0 Å². The van der Waals surface area contributed by atoms with E-state index in [1.807, 2.05) is 36.6 Å². The van der Waals surface area contributed by atoms with E-state index in [4.69, 9.17) is 4.74 Å². The average molecular weight is 286 g/mol. The molecule has 0 saturated carbocycles. The third kappa shape index (κ3) is 3.45. The number of ether oxygens (including phenoxy) is 1. The van der Waals surface area contributed by atoms with Crippen molar-refractivity contribution in [1.29, 1.82) is 0 Å². The number of nitrogens with zero attached hydrogens (tertiary/aromatic N) is 2. The number of hydrogen-bond acceptors (Lipinski definition) is 5. The zero-order chi connectivity index (χ0) is 14.4. The summed E-state index contributed by atoms with van der Waals surface area (Å²) in [6.45, 7) is 0. The Morgan fingerprint density at radius 3 is 2.65 bits per heavy atom. The highest BCUT2D eigenvalue weighted by Gasteiger charge is 2.10. The Hall–Kier alpha value is -2.14. The van der Waals surface area contributed by atoms with E-state index in [0.29, 0.717) is 11.3 Å². The lowest BCUT2D eigenvalue weighted by atomic mass is 10.1. The predicted octanol–water partition coefficient (Wildman–Crippen LogP) is 3.16. The smallest absolute Gasteiger partial charge is 0.341 e. The number of methoxy groups -OCH3 is 1. The highest BCUT2D eigenvalue weighted by Crippen LogP contribution is 2.16. The molecule has 4 nitrogen and oxygen atoms in total. The first kappa shape index (κ1) is 14.3. The Morgan fingerprint density at radius 2 is 2.00 bits per heavy atom. The highest BCUT2D eigenvalue weighted by molar-refractivity contribution is 7.98. The number of thioether (sulfide) groups is 1. The molecule has 0 aliphatic rings. The SMILES string of the molecule is COC(=O)c1cncnc1/C=C/c1ccc(SC)cc1. The molecule has 5 heteroatoms. The van der Waals surface area contributed by atoms with E-state index in [2.05, 4.69) is 9.97 Å². The minimum absolute atomic E-state index is 0.354. The van der Waals surface area contributed by atoms with E-state index in [1.165, 1.54) is 24.5 Å². The Morgan fingerprint density at radius 1 is 1.25 bits per heavy atom. The lowest BCUT2D eigenvalue weighted by Gasteiger charge is -2.02. The molecular weight excluding hydrogens is 272 g/mol. The van der Waals surface area contributed by atoms with Crippen molar-refractivity contribution in [2.75, 3.05) is 13.4 Å². The first-order chi connectivity index (χ1) is 9.74. The summed E-state index contributed by atoms with van der Waals surface area (Å²) in [4.78, 5) is 20.7. The number of carbonyl (C=O) groups is 1. The monoisotopic (exact) mass is 286 g/mol. The van der Waals surface area contributed by atoms with Crippen molar-refractivity contribution in [2.24, 2.45) is 0 Å². The molecule has 20 heavy (non-hydrogen) atoms. The fraction of sp³-hybridized carbons (Fsp3) is 0.133. The van der Waals surface area contributed by atoms with Gasteiger partial charge in [0, 0.05) is 11.1 Å². The predicted molar refractivity (Wildman–Crippen MR) is 80.5 cm³/mol. The Kier molecular flexibility index (Phi) is 4.90. The van der Waals surface area contributed by atoms with Crippen LogP contribution in [0.3, 0.4) is 0 Å². The van der Waals surface area contributed by atoms with Crippen LogP contribution in [0.15, 0.2) is 41.7 Å². The minimum atomic E-state index is -0.442. The van der Waals surface area contributed by atoms with Crippen LogP contribution in [0.1, 0.15) is 21.6 Å². The molecule has 2 rings (SSSR count). The van der Waals surface area contributed by atoms with E-state index in [-0.39, 0.29) is 0 Å². The van der Waals surface area contributed by atoms with Crippen LogP contribution in [-0.2, 0) is 4.74 Å². The fourth-order valence-electron chi connectivity index (χ4n) is 1.63. The summed E-state index contributed by atoms with van der Waals surface area (Å²) < 4.78 is 4.70. The van der Waals surface area contributed by atoms with E-state index >= 15 is 0 Å². The zero-order valence-corrected chi connectivity index (χ0v) is 12.1. The van der Waals surface area contributed by atoms with Crippen LogP contribution in [0.2, 0.25) is 0 Å². The van der Waals surface area contributed by atoms with Crippen LogP contribution >= 0.6 is 11.8 Å². The lowest BCUT2D eigenvalue weighted by molar-refractivity contribution is 0.0599. The second kappa shape index (κ2) is 6.86. The van der Waals surface area contributed by atoms with Crippen molar-refractivity contribution in [3.63, 3.8) is 0 Å². The number of esters is 1. The van der Waals surface area contributed by atoms with Crippen LogP contribution in [0.5, 0.6) is 0 Å². The van der Waals surface area contributed by atoms with E-state index in [1.54, 1.807) is 17.8 Å². The maximum absolute atomic E-state index is 11.6. The van der Waals surface area contributed by atoms with Gasteiger partial charge in [-0.1, -0.05) is 18.2 Å². The number of benzene rings is 1. The average Bonchev–Trinajstić information content (AvgIpc) is 2.53. The van der Waals surface area contributed by atoms with Crippen LogP contribution in [-0.4, -0.2) is 29.3 Å². The van der Waals surface area contributed by atoms with Gasteiger partial charge in [0.1, 0.15) is 11.9 Å². The van der Waals surface area contributed by atoms with Crippen molar-refractivity contribution in [1.82, 2.24) is 9.97 Å². The third-order valence-corrected chi connectivity index (χ3v) is 3.44. The molecule has 0 bridgehead atoms. The normalized spacial score (nSPS) is 10.7. The van der Waals surface area contributed by atoms with Gasteiger partial charge in [-0.15, -0.1) is 11.8 Å². The van der Waals surface area contributed by atoms with Crippen LogP contribution in [0, 0.1) is 0 Å². The van der Waals surface area contributed by atoms with Crippen molar-refractivity contribution in [2.45, 2.75) is 4.90 Å². The van der Waals surface area contributed by atoms with E-state index < -0.39 is 5.97 Å². The fourth-order valence-corrected chi connectivity index (χ4v) is 2.04. The molecule has 0 unspecified atom stereocenters. The summed E-state index contributed by atoms with van der Waals surface area (Å²) in [5, 5.41) is 0. The number of aromatic nitrogens is 2. The second-order valence-electron chi connectivity index (χ2n) is 3.92. The Balaban J connectivity index is 2.24. The van der Waals surface area contributed by atoms with Gasteiger partial charge in [0.05, 0.1) is 12.8 Å². The second-order valence-corrected chi connectivity index (χ2v) is 4.80. The topological polar surface area (TPSA) is 52.1 Å². The maximum Gasteiger partial charge on any atom is 0.341 e.